The molecule has 0 saturated heterocycles. The lowest BCUT2D eigenvalue weighted by Crippen LogP contribution is -2.40. The minimum absolute atomic E-state index is 0.104. The summed E-state index contributed by atoms with van der Waals surface area (Å²) in [6.45, 7) is 0.451. The second-order valence-electron chi connectivity index (χ2n) is 6.22. The Hall–Kier alpha value is -3.41. The van der Waals surface area contributed by atoms with E-state index in [0.29, 0.717) is 12.2 Å². The molecule has 2 aromatic carbocycles. The quantitative estimate of drug-likeness (QED) is 0.786. The molecule has 1 aromatic heterocycles. The average Bonchev–Trinajstić information content (AvgIpc) is 3.17. The van der Waals surface area contributed by atoms with Crippen molar-refractivity contribution in [3.05, 3.63) is 77.6 Å². The van der Waals surface area contributed by atoms with Crippen molar-refractivity contribution in [2.45, 2.75) is 12.5 Å². The molecule has 0 saturated carbocycles. The molecule has 130 valence electrons. The fourth-order valence-electron chi connectivity index (χ4n) is 3.25. The van der Waals surface area contributed by atoms with E-state index in [1.54, 1.807) is 12.1 Å². The van der Waals surface area contributed by atoms with Crippen LogP contribution < -0.4 is 0 Å². The van der Waals surface area contributed by atoms with Gasteiger partial charge in [-0.1, -0.05) is 59.8 Å². The monoisotopic (exact) mass is 348 g/mol. The van der Waals surface area contributed by atoms with Crippen LogP contribution in [0.2, 0.25) is 0 Å². The standard InChI is InChI=1S/C20H16N2O4/c23-19(18-10-17(21-26-18)13-6-2-1-3-7-13)22-11-14-8-4-5-9-15(14)16(12-22)20(24)25/h1-10,16H,11-12H2,(H,24,25). The lowest BCUT2D eigenvalue weighted by molar-refractivity contribution is -0.139. The van der Waals surface area contributed by atoms with E-state index in [1.807, 2.05) is 48.5 Å². The Kier molecular flexibility index (Phi) is 4.01. The largest absolute Gasteiger partial charge is 0.481 e. The maximum Gasteiger partial charge on any atom is 0.312 e. The summed E-state index contributed by atoms with van der Waals surface area (Å²) in [5, 5.41) is 13.5. The molecule has 26 heavy (non-hydrogen) atoms. The second kappa shape index (κ2) is 6.48. The molecule has 1 unspecified atom stereocenters. The number of rotatable bonds is 3. The topological polar surface area (TPSA) is 83.6 Å². The predicted molar refractivity (Wildman–Crippen MR) is 93.5 cm³/mol. The van der Waals surface area contributed by atoms with Crippen molar-refractivity contribution in [2.75, 3.05) is 6.54 Å². The normalized spacial score (nSPS) is 16.2. The number of carbonyl (C=O) groups excluding carboxylic acids is 1. The predicted octanol–water partition coefficient (Wildman–Crippen LogP) is 3.17. The maximum absolute atomic E-state index is 12.8. The van der Waals surface area contributed by atoms with Crippen LogP contribution in [0.1, 0.15) is 27.6 Å². The van der Waals surface area contributed by atoms with Gasteiger partial charge in [0, 0.05) is 24.7 Å². The summed E-state index contributed by atoms with van der Waals surface area (Å²) < 4.78 is 5.23. The van der Waals surface area contributed by atoms with Crippen molar-refractivity contribution in [3.63, 3.8) is 0 Å². The summed E-state index contributed by atoms with van der Waals surface area (Å²) >= 11 is 0. The first-order chi connectivity index (χ1) is 12.6. The molecule has 0 fully saturated rings. The van der Waals surface area contributed by atoms with Gasteiger partial charge < -0.3 is 14.5 Å². The van der Waals surface area contributed by atoms with Crippen molar-refractivity contribution >= 4 is 11.9 Å². The van der Waals surface area contributed by atoms with Crippen LogP contribution in [0.5, 0.6) is 0 Å². The Balaban J connectivity index is 1.61. The second-order valence-corrected chi connectivity index (χ2v) is 6.22. The zero-order chi connectivity index (χ0) is 18.1. The Morgan fingerprint density at radius 1 is 1.08 bits per heavy atom. The van der Waals surface area contributed by atoms with Crippen molar-refractivity contribution in [2.24, 2.45) is 0 Å². The molecule has 1 amide bonds. The van der Waals surface area contributed by atoms with Gasteiger partial charge in [-0.15, -0.1) is 0 Å². The highest BCUT2D eigenvalue weighted by Gasteiger charge is 2.34. The molecule has 0 radical (unpaired) electrons. The van der Waals surface area contributed by atoms with E-state index in [2.05, 4.69) is 5.16 Å². The SMILES string of the molecule is O=C(O)C1CN(C(=O)c2cc(-c3ccccc3)no2)Cc2ccccc21. The zero-order valence-corrected chi connectivity index (χ0v) is 13.8. The maximum atomic E-state index is 12.8. The summed E-state index contributed by atoms with van der Waals surface area (Å²) in [5.74, 6) is -1.95. The Morgan fingerprint density at radius 2 is 1.81 bits per heavy atom. The van der Waals surface area contributed by atoms with Gasteiger partial charge >= 0.3 is 5.97 Å². The van der Waals surface area contributed by atoms with E-state index in [-0.39, 0.29) is 18.2 Å². The van der Waals surface area contributed by atoms with Crippen LogP contribution in [0, 0.1) is 0 Å². The van der Waals surface area contributed by atoms with Gasteiger partial charge in [-0.3, -0.25) is 9.59 Å². The molecule has 1 atom stereocenters. The van der Waals surface area contributed by atoms with E-state index in [0.717, 1.165) is 16.7 Å². The first-order valence-corrected chi connectivity index (χ1v) is 8.25. The third-order valence-corrected chi connectivity index (χ3v) is 4.57. The van der Waals surface area contributed by atoms with Gasteiger partial charge in [-0.2, -0.15) is 0 Å². The number of fused-ring (bicyclic) bond motifs is 1. The summed E-state index contributed by atoms with van der Waals surface area (Å²) in [7, 11) is 0. The van der Waals surface area contributed by atoms with Crippen LogP contribution in [0.4, 0.5) is 0 Å². The molecule has 6 heteroatoms. The molecule has 4 rings (SSSR count). The number of aromatic nitrogens is 1. The van der Waals surface area contributed by atoms with Crippen molar-refractivity contribution in [1.29, 1.82) is 0 Å². The number of hydrogen-bond donors (Lipinski definition) is 1. The number of hydrogen-bond acceptors (Lipinski definition) is 4. The fraction of sp³-hybridized carbons (Fsp3) is 0.150. The summed E-state index contributed by atoms with van der Waals surface area (Å²) in [6, 6.07) is 18.3. The molecule has 1 aliphatic rings. The first kappa shape index (κ1) is 16.1. The molecule has 0 spiro atoms. The van der Waals surface area contributed by atoms with Crippen molar-refractivity contribution in [3.8, 4) is 11.3 Å². The minimum Gasteiger partial charge on any atom is -0.481 e. The Bertz CT molecular complexity index is 965. The molecular weight excluding hydrogens is 332 g/mol. The lowest BCUT2D eigenvalue weighted by atomic mass is 9.89. The number of benzene rings is 2. The van der Waals surface area contributed by atoms with Gasteiger partial charge in [0.25, 0.3) is 5.91 Å². The molecule has 1 aliphatic heterocycles. The van der Waals surface area contributed by atoms with E-state index < -0.39 is 11.9 Å². The van der Waals surface area contributed by atoms with Gasteiger partial charge in [0.1, 0.15) is 5.69 Å². The Morgan fingerprint density at radius 3 is 2.58 bits per heavy atom. The third-order valence-electron chi connectivity index (χ3n) is 4.57. The minimum atomic E-state index is -0.947. The van der Waals surface area contributed by atoms with Gasteiger partial charge in [0.15, 0.2) is 0 Å². The summed E-state index contributed by atoms with van der Waals surface area (Å²) in [5.41, 5.74) is 3.01. The van der Waals surface area contributed by atoms with Crippen LogP contribution >= 0.6 is 0 Å². The molecule has 2 heterocycles. The Labute approximate surface area is 149 Å². The van der Waals surface area contributed by atoms with E-state index >= 15 is 0 Å². The van der Waals surface area contributed by atoms with Gasteiger partial charge in [-0.05, 0) is 11.1 Å². The van der Waals surface area contributed by atoms with Crippen LogP contribution in [0.25, 0.3) is 11.3 Å². The summed E-state index contributed by atoms with van der Waals surface area (Å²) in [4.78, 5) is 26.0. The molecule has 0 bridgehead atoms. The highest BCUT2D eigenvalue weighted by atomic mass is 16.5. The number of carbonyl (C=O) groups is 2. The molecular formula is C20H16N2O4. The van der Waals surface area contributed by atoms with E-state index in [9.17, 15) is 14.7 Å². The van der Waals surface area contributed by atoms with Crippen LogP contribution in [0.3, 0.4) is 0 Å². The first-order valence-electron chi connectivity index (χ1n) is 8.25. The lowest BCUT2D eigenvalue weighted by Gasteiger charge is -2.32. The molecule has 0 aliphatic carbocycles. The molecule has 6 nitrogen and oxygen atoms in total. The van der Waals surface area contributed by atoms with Gasteiger partial charge in [0.2, 0.25) is 5.76 Å². The number of amides is 1. The van der Waals surface area contributed by atoms with E-state index in [4.69, 9.17) is 4.52 Å². The van der Waals surface area contributed by atoms with Crippen LogP contribution in [-0.4, -0.2) is 33.6 Å². The fourth-order valence-corrected chi connectivity index (χ4v) is 3.25. The molecule has 3 aromatic rings. The van der Waals surface area contributed by atoms with Gasteiger partial charge in [-0.25, -0.2) is 0 Å². The molecule has 1 N–H and O–H groups in total. The zero-order valence-electron chi connectivity index (χ0n) is 13.8. The third kappa shape index (κ3) is 2.86. The van der Waals surface area contributed by atoms with Crippen molar-refractivity contribution in [1.82, 2.24) is 10.1 Å². The van der Waals surface area contributed by atoms with Gasteiger partial charge in [0.05, 0.1) is 5.92 Å². The number of aliphatic carboxylic acids is 1. The highest BCUT2D eigenvalue weighted by Crippen LogP contribution is 2.30. The van der Waals surface area contributed by atoms with Crippen LogP contribution in [-0.2, 0) is 11.3 Å². The number of nitrogens with zero attached hydrogens (tertiary/aromatic N) is 2. The smallest absolute Gasteiger partial charge is 0.312 e. The average molecular weight is 348 g/mol. The number of carboxylic acids is 1. The van der Waals surface area contributed by atoms with E-state index in [1.165, 1.54) is 4.90 Å². The number of carboxylic acid groups (broad SMARTS) is 1. The van der Waals surface area contributed by atoms with Crippen molar-refractivity contribution < 1.29 is 19.2 Å². The van der Waals surface area contributed by atoms with Crippen LogP contribution in [0.15, 0.2) is 65.2 Å². The highest BCUT2D eigenvalue weighted by molar-refractivity contribution is 5.93. The summed E-state index contributed by atoms with van der Waals surface area (Å²) in [6.07, 6.45) is 0.